The van der Waals surface area contributed by atoms with Gasteiger partial charge in [0, 0.05) is 53.5 Å². The average molecular weight is 514 g/mol. The number of allylic oxidation sites excluding steroid dienone is 1. The summed E-state index contributed by atoms with van der Waals surface area (Å²) in [5.74, 6) is -1.66. The first-order valence-electron chi connectivity index (χ1n) is 12.2. The van der Waals surface area contributed by atoms with Crippen molar-refractivity contribution in [3.05, 3.63) is 76.3 Å². The lowest BCUT2D eigenvalue weighted by Gasteiger charge is -2.29. The molecule has 0 radical (unpaired) electrons. The van der Waals surface area contributed by atoms with Crippen LogP contribution >= 0.6 is 11.3 Å². The van der Waals surface area contributed by atoms with Crippen molar-refractivity contribution >= 4 is 56.4 Å². The van der Waals surface area contributed by atoms with Crippen LogP contribution in [0.2, 0.25) is 0 Å². The van der Waals surface area contributed by atoms with E-state index in [1.807, 2.05) is 29.6 Å². The number of nitrogens with zero attached hydrogens (tertiary/aromatic N) is 1. The number of nitrogens with one attached hydrogen (secondary N) is 2. The van der Waals surface area contributed by atoms with E-state index in [0.717, 1.165) is 15.6 Å². The lowest BCUT2D eigenvalue weighted by atomic mass is 9.80. The second kappa shape index (κ2) is 9.08. The highest BCUT2D eigenvalue weighted by Gasteiger charge is 2.40. The minimum atomic E-state index is -0.713. The summed E-state index contributed by atoms with van der Waals surface area (Å²) < 4.78 is 1.14. The lowest BCUT2D eigenvalue weighted by Crippen LogP contribution is -2.52. The molecule has 3 amide bonds. The molecule has 2 fully saturated rings. The fourth-order valence-electron chi connectivity index (χ4n) is 5.46. The summed E-state index contributed by atoms with van der Waals surface area (Å²) in [4.78, 5) is 64.4. The van der Waals surface area contributed by atoms with Gasteiger partial charge >= 0.3 is 0 Å². The van der Waals surface area contributed by atoms with Crippen LogP contribution in [-0.2, 0) is 25.7 Å². The lowest BCUT2D eigenvalue weighted by molar-refractivity contribution is -0.137. The Kier molecular flexibility index (Phi) is 5.72. The van der Waals surface area contributed by atoms with Crippen molar-refractivity contribution in [3.8, 4) is 0 Å². The number of piperidine rings is 1. The van der Waals surface area contributed by atoms with Crippen LogP contribution in [0.3, 0.4) is 0 Å². The Bertz CT molecular complexity index is 1520. The van der Waals surface area contributed by atoms with Gasteiger partial charge in [-0.2, -0.15) is 0 Å². The monoisotopic (exact) mass is 513 g/mol. The van der Waals surface area contributed by atoms with Crippen molar-refractivity contribution < 1.29 is 24.0 Å². The van der Waals surface area contributed by atoms with Crippen molar-refractivity contribution in [2.75, 3.05) is 5.32 Å². The number of imide groups is 1. The molecule has 2 aromatic carbocycles. The van der Waals surface area contributed by atoms with Gasteiger partial charge in [-0.15, -0.1) is 11.3 Å². The number of rotatable bonds is 4. The zero-order chi connectivity index (χ0) is 25.7. The Hall–Kier alpha value is -4.11. The van der Waals surface area contributed by atoms with Gasteiger partial charge in [-0.25, -0.2) is 0 Å². The highest BCUT2D eigenvalue weighted by molar-refractivity contribution is 7.17. The molecule has 8 nitrogen and oxygen atoms in total. The molecule has 37 heavy (non-hydrogen) atoms. The summed E-state index contributed by atoms with van der Waals surface area (Å²) in [7, 11) is 0. The second-order valence-corrected chi connectivity index (χ2v) is 10.5. The van der Waals surface area contributed by atoms with Gasteiger partial charge in [0.05, 0.1) is 5.57 Å². The molecule has 0 spiro atoms. The quantitative estimate of drug-likeness (QED) is 0.313. The van der Waals surface area contributed by atoms with Crippen LogP contribution in [-0.4, -0.2) is 40.2 Å². The van der Waals surface area contributed by atoms with E-state index in [-0.39, 0.29) is 67.1 Å². The number of ketones is 2. The molecule has 3 aliphatic rings. The molecule has 3 heterocycles. The third-order valence-corrected chi connectivity index (χ3v) is 8.35. The molecule has 1 aromatic heterocycles. The van der Waals surface area contributed by atoms with Gasteiger partial charge in [-0.05, 0) is 46.9 Å². The van der Waals surface area contributed by atoms with E-state index in [0.29, 0.717) is 16.8 Å². The Balaban J connectivity index is 1.20. The minimum absolute atomic E-state index is 0.125. The van der Waals surface area contributed by atoms with Crippen molar-refractivity contribution in [2.24, 2.45) is 0 Å². The van der Waals surface area contributed by atoms with E-state index >= 15 is 0 Å². The number of thiophene rings is 1. The summed E-state index contributed by atoms with van der Waals surface area (Å²) in [5, 5.41) is 8.51. The molecule has 9 heteroatoms. The first-order valence-corrected chi connectivity index (χ1v) is 13.0. The van der Waals surface area contributed by atoms with E-state index < -0.39 is 11.9 Å². The number of benzene rings is 2. The van der Waals surface area contributed by atoms with Gasteiger partial charge in [0.2, 0.25) is 11.8 Å². The largest absolute Gasteiger partial charge is 0.361 e. The molecule has 6 rings (SSSR count). The van der Waals surface area contributed by atoms with E-state index in [1.165, 1.54) is 11.1 Å². The maximum Gasteiger partial charge on any atom is 0.255 e. The molecule has 186 valence electrons. The molecule has 1 saturated heterocycles. The van der Waals surface area contributed by atoms with Gasteiger partial charge in [0.15, 0.2) is 11.6 Å². The number of anilines is 1. The van der Waals surface area contributed by atoms with Crippen LogP contribution in [0.25, 0.3) is 10.1 Å². The number of Topliss-reactive ketones (excluding diaryl/α,β-unsaturated/α-hetero) is 2. The van der Waals surface area contributed by atoms with Crippen LogP contribution in [0.1, 0.15) is 53.1 Å². The molecule has 1 unspecified atom stereocenters. The Morgan fingerprint density at radius 1 is 0.973 bits per heavy atom. The summed E-state index contributed by atoms with van der Waals surface area (Å²) in [5.41, 5.74) is 2.91. The highest BCUT2D eigenvalue weighted by atomic mass is 32.1. The maximum atomic E-state index is 13.0. The normalized spacial score (nSPS) is 21.9. The molecule has 1 atom stereocenters. The first-order chi connectivity index (χ1) is 17.9. The van der Waals surface area contributed by atoms with Crippen LogP contribution in [0, 0.1) is 0 Å². The zero-order valence-corrected chi connectivity index (χ0v) is 20.6. The van der Waals surface area contributed by atoms with E-state index in [9.17, 15) is 24.0 Å². The molecule has 0 bridgehead atoms. The molecular weight excluding hydrogens is 490 g/mol. The predicted molar refractivity (Wildman–Crippen MR) is 138 cm³/mol. The molecule has 3 aromatic rings. The standard InChI is InChI=1S/C28H23N3O5S/c32-23-10-15(20-14-37-25-7-2-1-4-16(20)25)11-24(33)18(23)12-29-21-6-3-5-17-19(21)13-31(28(17)36)22-8-9-26(34)30-27(22)35/h1-7,12,14-15,22,29H,8-11,13H2,(H,30,34,35). The Labute approximate surface area is 216 Å². The Morgan fingerprint density at radius 2 is 1.76 bits per heavy atom. The first kappa shape index (κ1) is 23.3. The molecule has 2 N–H and O–H groups in total. The summed E-state index contributed by atoms with van der Waals surface area (Å²) >= 11 is 1.62. The molecule has 2 aliphatic heterocycles. The number of carbonyl (C=O) groups excluding carboxylic acids is 5. The average Bonchev–Trinajstić information content (AvgIpc) is 3.45. The van der Waals surface area contributed by atoms with Crippen LogP contribution in [0.5, 0.6) is 0 Å². The van der Waals surface area contributed by atoms with Crippen molar-refractivity contribution in [1.29, 1.82) is 0 Å². The van der Waals surface area contributed by atoms with Crippen molar-refractivity contribution in [1.82, 2.24) is 10.2 Å². The van der Waals surface area contributed by atoms with Crippen molar-refractivity contribution in [3.63, 3.8) is 0 Å². The number of amides is 3. The molecular formula is C28H23N3O5S. The number of hydrogen-bond acceptors (Lipinski definition) is 7. The summed E-state index contributed by atoms with van der Waals surface area (Å²) in [6.45, 7) is 0.196. The number of carbonyl (C=O) groups is 5. The SMILES string of the molecule is O=C1CCC(N2Cc3c(NC=C4C(=O)CC(c5csc6ccccc56)CC4=O)cccc3C2=O)C(=O)N1. The number of fused-ring (bicyclic) bond motifs is 2. The van der Waals surface area contributed by atoms with E-state index in [2.05, 4.69) is 10.6 Å². The highest BCUT2D eigenvalue weighted by Crippen LogP contribution is 2.39. The van der Waals surface area contributed by atoms with Gasteiger partial charge in [-0.1, -0.05) is 24.3 Å². The topological polar surface area (TPSA) is 113 Å². The molecule has 1 saturated carbocycles. The van der Waals surface area contributed by atoms with Crippen LogP contribution < -0.4 is 10.6 Å². The smallest absolute Gasteiger partial charge is 0.255 e. The van der Waals surface area contributed by atoms with Gasteiger partial charge in [0.25, 0.3) is 5.91 Å². The fourth-order valence-corrected chi connectivity index (χ4v) is 6.50. The van der Waals surface area contributed by atoms with Crippen molar-refractivity contribution in [2.45, 2.75) is 44.2 Å². The number of hydrogen-bond donors (Lipinski definition) is 2. The van der Waals surface area contributed by atoms with Crippen LogP contribution in [0.4, 0.5) is 5.69 Å². The third kappa shape index (κ3) is 4.05. The predicted octanol–water partition coefficient (Wildman–Crippen LogP) is 3.67. The molecule has 1 aliphatic carbocycles. The second-order valence-electron chi connectivity index (χ2n) is 9.57. The van der Waals surface area contributed by atoms with E-state index in [4.69, 9.17) is 0 Å². The van der Waals surface area contributed by atoms with E-state index in [1.54, 1.807) is 29.5 Å². The third-order valence-electron chi connectivity index (χ3n) is 7.37. The fraction of sp³-hybridized carbons (Fsp3) is 0.250. The summed E-state index contributed by atoms with van der Waals surface area (Å²) in [6, 6.07) is 12.5. The van der Waals surface area contributed by atoms with Crippen LogP contribution in [0.15, 0.2) is 59.6 Å². The minimum Gasteiger partial charge on any atom is -0.361 e. The summed E-state index contributed by atoms with van der Waals surface area (Å²) in [6.07, 6.45) is 2.42. The Morgan fingerprint density at radius 3 is 2.54 bits per heavy atom. The van der Waals surface area contributed by atoms with Gasteiger partial charge in [0.1, 0.15) is 6.04 Å². The van der Waals surface area contributed by atoms with Gasteiger partial charge < -0.3 is 10.2 Å². The maximum absolute atomic E-state index is 13.0. The zero-order valence-electron chi connectivity index (χ0n) is 19.8. The van der Waals surface area contributed by atoms with Gasteiger partial charge in [-0.3, -0.25) is 29.3 Å².